The average molecular weight is 414 g/mol. The van der Waals surface area contributed by atoms with Crippen LogP contribution in [0, 0.1) is 15.9 Å². The topological polar surface area (TPSA) is 123 Å². The van der Waals surface area contributed by atoms with Crippen LogP contribution in [0.2, 0.25) is 0 Å². The van der Waals surface area contributed by atoms with E-state index >= 15 is 0 Å². The number of imidazole rings is 1. The molecule has 1 aromatic heterocycles. The van der Waals surface area contributed by atoms with Gasteiger partial charge in [0.2, 0.25) is 0 Å². The van der Waals surface area contributed by atoms with Crippen LogP contribution in [-0.4, -0.2) is 40.8 Å². The van der Waals surface area contributed by atoms with E-state index in [1.54, 1.807) is 24.5 Å². The lowest BCUT2D eigenvalue weighted by Gasteiger charge is -2.23. The molecule has 1 aliphatic heterocycles. The Kier molecular flexibility index (Phi) is 5.08. The van der Waals surface area contributed by atoms with Gasteiger partial charge >= 0.3 is 11.7 Å². The highest BCUT2D eigenvalue weighted by atomic mass is 19.1. The Morgan fingerprint density at radius 3 is 2.90 bits per heavy atom. The van der Waals surface area contributed by atoms with Crippen LogP contribution in [0.4, 0.5) is 15.8 Å². The fourth-order valence-corrected chi connectivity index (χ4v) is 3.82. The highest BCUT2D eigenvalue weighted by Gasteiger charge is 2.30. The molecule has 1 aliphatic rings. The lowest BCUT2D eigenvalue weighted by molar-refractivity contribution is -0.383. The Hall–Kier alpha value is -3.53. The van der Waals surface area contributed by atoms with Crippen LogP contribution in [-0.2, 0) is 9.47 Å². The predicted octanol–water partition coefficient (Wildman–Crippen LogP) is 3.47. The molecule has 0 radical (unpaired) electrons. The minimum atomic E-state index is -1.08. The van der Waals surface area contributed by atoms with Crippen LogP contribution >= 0.6 is 0 Å². The minimum absolute atomic E-state index is 0.0416. The highest BCUT2D eigenvalue weighted by Crippen LogP contribution is 2.39. The number of fused-ring (bicyclic) bond motifs is 1. The van der Waals surface area contributed by atoms with E-state index in [-0.39, 0.29) is 11.6 Å². The van der Waals surface area contributed by atoms with Crippen LogP contribution < -0.4 is 5.73 Å². The molecule has 10 heteroatoms. The van der Waals surface area contributed by atoms with Crippen molar-refractivity contribution in [1.82, 2.24) is 9.55 Å². The summed E-state index contributed by atoms with van der Waals surface area (Å²) in [5.41, 5.74) is 5.77. The molecule has 156 valence electrons. The molecule has 30 heavy (non-hydrogen) atoms. The first-order valence-corrected chi connectivity index (χ1v) is 9.31. The van der Waals surface area contributed by atoms with Gasteiger partial charge in [-0.05, 0) is 36.6 Å². The van der Waals surface area contributed by atoms with Crippen molar-refractivity contribution in [2.24, 2.45) is 0 Å². The normalized spacial score (nSPS) is 16.5. The molecular weight excluding hydrogens is 395 g/mol. The van der Waals surface area contributed by atoms with E-state index in [9.17, 15) is 19.3 Å². The summed E-state index contributed by atoms with van der Waals surface area (Å²) in [5.74, 6) is -2.08. The number of nitrogen functional groups attached to an aromatic ring is 1. The summed E-state index contributed by atoms with van der Waals surface area (Å²) in [6.45, 7) is 1.33. The lowest BCUT2D eigenvalue weighted by Crippen LogP contribution is -2.20. The fourth-order valence-electron chi connectivity index (χ4n) is 3.82. The summed E-state index contributed by atoms with van der Waals surface area (Å²) in [7, 11) is 1.04. The van der Waals surface area contributed by atoms with Gasteiger partial charge in [-0.25, -0.2) is 14.2 Å². The van der Waals surface area contributed by atoms with Crippen LogP contribution in [0.3, 0.4) is 0 Å². The lowest BCUT2D eigenvalue weighted by atomic mass is 9.98. The number of hydrogen-bond donors (Lipinski definition) is 1. The molecule has 2 aromatic carbocycles. The molecule has 0 amide bonds. The average Bonchev–Trinajstić information content (AvgIpc) is 3.16. The smallest absolute Gasteiger partial charge is 0.343 e. The number of benzene rings is 2. The Morgan fingerprint density at radius 2 is 2.23 bits per heavy atom. The third kappa shape index (κ3) is 3.24. The van der Waals surface area contributed by atoms with E-state index in [0.717, 1.165) is 38.1 Å². The Morgan fingerprint density at radius 1 is 1.43 bits per heavy atom. The summed E-state index contributed by atoms with van der Waals surface area (Å²) in [4.78, 5) is 27.2. The zero-order valence-corrected chi connectivity index (χ0v) is 16.1. The molecule has 2 heterocycles. The van der Waals surface area contributed by atoms with E-state index in [4.69, 9.17) is 10.5 Å². The number of carbonyl (C=O) groups is 1. The molecular formula is C20H19FN4O5. The number of nitrogens with zero attached hydrogens (tertiary/aromatic N) is 3. The van der Waals surface area contributed by atoms with E-state index < -0.39 is 33.6 Å². The Bertz CT molecular complexity index is 1150. The van der Waals surface area contributed by atoms with E-state index in [2.05, 4.69) is 9.72 Å². The molecule has 0 aliphatic carbocycles. The fraction of sp³-hybridized carbons (Fsp3) is 0.300. The maximum absolute atomic E-state index is 14.6. The highest BCUT2D eigenvalue weighted by molar-refractivity contribution is 6.01. The number of ether oxygens (including phenoxy) is 2. The number of nitro benzene ring substituents is 1. The van der Waals surface area contributed by atoms with E-state index in [1.165, 1.54) is 0 Å². The minimum Gasteiger partial charge on any atom is -0.465 e. The Labute approximate surface area is 170 Å². The van der Waals surface area contributed by atoms with Gasteiger partial charge in [0.05, 0.1) is 47.6 Å². The second-order valence-electron chi connectivity index (χ2n) is 7.02. The number of hydrogen-bond acceptors (Lipinski definition) is 7. The van der Waals surface area contributed by atoms with Crippen molar-refractivity contribution in [3.63, 3.8) is 0 Å². The SMILES string of the molecule is COC(=O)c1c(F)cc(-c2ccc3c(c2)ncn3C2CCCOC2)c([N+](=O)[O-])c1N. The van der Waals surface area contributed by atoms with Crippen molar-refractivity contribution in [3.05, 3.63) is 52.1 Å². The van der Waals surface area contributed by atoms with Crippen LogP contribution in [0.1, 0.15) is 29.2 Å². The summed E-state index contributed by atoms with van der Waals surface area (Å²) in [6, 6.07) is 6.14. The number of methoxy groups -OCH3 is 1. The monoisotopic (exact) mass is 414 g/mol. The number of anilines is 1. The number of nitro groups is 1. The van der Waals surface area contributed by atoms with Crippen molar-refractivity contribution in [2.75, 3.05) is 26.1 Å². The molecule has 1 fully saturated rings. The van der Waals surface area contributed by atoms with Crippen molar-refractivity contribution in [2.45, 2.75) is 18.9 Å². The second kappa shape index (κ2) is 7.71. The van der Waals surface area contributed by atoms with Gasteiger partial charge < -0.3 is 19.8 Å². The zero-order chi connectivity index (χ0) is 21.4. The van der Waals surface area contributed by atoms with Crippen LogP contribution in [0.15, 0.2) is 30.6 Å². The van der Waals surface area contributed by atoms with Gasteiger partial charge in [-0.3, -0.25) is 10.1 Å². The molecule has 9 nitrogen and oxygen atoms in total. The Balaban J connectivity index is 1.84. The van der Waals surface area contributed by atoms with Crippen molar-refractivity contribution in [3.8, 4) is 11.1 Å². The predicted molar refractivity (Wildman–Crippen MR) is 107 cm³/mol. The van der Waals surface area contributed by atoms with Crippen molar-refractivity contribution in [1.29, 1.82) is 0 Å². The van der Waals surface area contributed by atoms with Gasteiger partial charge in [0.25, 0.3) is 0 Å². The number of rotatable bonds is 4. The van der Waals surface area contributed by atoms with Crippen molar-refractivity contribution < 1.29 is 23.6 Å². The van der Waals surface area contributed by atoms with Gasteiger partial charge in [0, 0.05) is 6.61 Å². The molecule has 1 saturated heterocycles. The molecule has 1 unspecified atom stereocenters. The third-order valence-corrected chi connectivity index (χ3v) is 5.28. The van der Waals surface area contributed by atoms with Crippen LogP contribution in [0.25, 0.3) is 22.2 Å². The van der Waals surface area contributed by atoms with Gasteiger partial charge in [-0.1, -0.05) is 6.07 Å². The van der Waals surface area contributed by atoms with Gasteiger partial charge in [0.1, 0.15) is 17.1 Å². The standard InChI is InChI=1S/C20H19FN4O5/c1-29-20(26)17-14(21)8-13(19(18(17)22)25(27)28)11-4-5-16-15(7-11)23-10-24(16)12-3-2-6-30-9-12/h4-5,7-8,10,12H,2-3,6,9,22H2,1H3. The first-order valence-electron chi connectivity index (χ1n) is 9.31. The van der Waals surface area contributed by atoms with Crippen LogP contribution in [0.5, 0.6) is 0 Å². The maximum Gasteiger partial charge on any atom is 0.343 e. The summed E-state index contributed by atoms with van der Waals surface area (Å²) >= 11 is 0. The molecule has 4 rings (SSSR count). The van der Waals surface area contributed by atoms with Crippen molar-refractivity contribution >= 4 is 28.4 Å². The number of nitrogens with two attached hydrogens (primary N) is 1. The van der Waals surface area contributed by atoms with E-state index in [0.29, 0.717) is 17.7 Å². The molecule has 0 bridgehead atoms. The zero-order valence-electron chi connectivity index (χ0n) is 16.1. The summed E-state index contributed by atoms with van der Waals surface area (Å²) < 4.78 is 26.6. The molecule has 1 atom stereocenters. The van der Waals surface area contributed by atoms with Gasteiger partial charge in [0.15, 0.2) is 0 Å². The second-order valence-corrected chi connectivity index (χ2v) is 7.02. The molecule has 0 spiro atoms. The summed E-state index contributed by atoms with van der Waals surface area (Å²) in [5, 5.41) is 11.7. The summed E-state index contributed by atoms with van der Waals surface area (Å²) in [6.07, 6.45) is 3.63. The largest absolute Gasteiger partial charge is 0.465 e. The number of esters is 1. The number of carbonyl (C=O) groups excluding carboxylic acids is 1. The van der Waals surface area contributed by atoms with Gasteiger partial charge in [-0.2, -0.15) is 0 Å². The van der Waals surface area contributed by atoms with Gasteiger partial charge in [-0.15, -0.1) is 0 Å². The maximum atomic E-state index is 14.6. The molecule has 2 N–H and O–H groups in total. The number of halogens is 1. The number of aromatic nitrogens is 2. The molecule has 3 aromatic rings. The quantitative estimate of drug-likeness (QED) is 0.300. The first kappa shape index (κ1) is 19.8. The first-order chi connectivity index (χ1) is 14.4. The molecule has 0 saturated carbocycles. The third-order valence-electron chi connectivity index (χ3n) is 5.28. The van der Waals surface area contributed by atoms with E-state index in [1.807, 2.05) is 4.57 Å².